The first kappa shape index (κ1) is 13.4. The van der Waals surface area contributed by atoms with Crippen molar-refractivity contribution in [2.45, 2.75) is 76.8 Å². The summed E-state index contributed by atoms with van der Waals surface area (Å²) in [7, 11) is 0. The summed E-state index contributed by atoms with van der Waals surface area (Å²) in [6, 6.07) is 0.747. The molecule has 3 unspecified atom stereocenters. The summed E-state index contributed by atoms with van der Waals surface area (Å²) in [4.78, 5) is 2.79. The Kier molecular flexibility index (Phi) is 4.48. The number of rotatable bonds is 3. The molecule has 100 valence electrons. The normalized spacial score (nSPS) is 40.4. The Morgan fingerprint density at radius 2 is 2.06 bits per heavy atom. The van der Waals surface area contributed by atoms with Crippen molar-refractivity contribution < 1.29 is 0 Å². The number of nitrogens with two attached hydrogens (primary N) is 1. The molecule has 2 heteroatoms. The lowest BCUT2D eigenvalue weighted by molar-refractivity contribution is 0.0583. The number of hydrogen-bond acceptors (Lipinski definition) is 2. The zero-order valence-electron chi connectivity index (χ0n) is 11.8. The van der Waals surface area contributed by atoms with Gasteiger partial charge in [0.1, 0.15) is 0 Å². The second-order valence-electron chi connectivity index (χ2n) is 6.34. The Morgan fingerprint density at radius 1 is 1.24 bits per heavy atom. The molecule has 2 N–H and O–H groups in total. The van der Waals surface area contributed by atoms with E-state index in [2.05, 4.69) is 18.7 Å². The molecule has 2 rings (SSSR count). The van der Waals surface area contributed by atoms with Gasteiger partial charge in [0.25, 0.3) is 0 Å². The van der Waals surface area contributed by atoms with Crippen LogP contribution in [0, 0.1) is 5.92 Å². The third-order valence-electron chi connectivity index (χ3n) is 5.31. The minimum Gasteiger partial charge on any atom is -0.329 e. The standard InChI is InChI=1S/C15H30N2/c1-3-14-8-9-15(11-14,12-16)17-10-6-4-5-7-13(17)2/h13-14H,3-12,16H2,1-2H3. The molecule has 2 fully saturated rings. The highest BCUT2D eigenvalue weighted by molar-refractivity contribution is 5.00. The van der Waals surface area contributed by atoms with Gasteiger partial charge in [0.2, 0.25) is 0 Å². The highest BCUT2D eigenvalue weighted by Crippen LogP contribution is 2.42. The van der Waals surface area contributed by atoms with Gasteiger partial charge >= 0.3 is 0 Å². The number of likely N-dealkylation sites (tertiary alicyclic amines) is 1. The van der Waals surface area contributed by atoms with Gasteiger partial charge in [0.05, 0.1) is 0 Å². The van der Waals surface area contributed by atoms with Crippen LogP contribution in [0.3, 0.4) is 0 Å². The summed E-state index contributed by atoms with van der Waals surface area (Å²) in [5.74, 6) is 0.925. The van der Waals surface area contributed by atoms with Gasteiger partial charge < -0.3 is 5.73 Å². The minimum absolute atomic E-state index is 0.352. The first-order valence-electron chi connectivity index (χ1n) is 7.68. The van der Waals surface area contributed by atoms with Crippen molar-refractivity contribution in [2.24, 2.45) is 11.7 Å². The van der Waals surface area contributed by atoms with Crippen LogP contribution in [0.15, 0.2) is 0 Å². The van der Waals surface area contributed by atoms with Crippen LogP contribution in [0.1, 0.15) is 65.2 Å². The van der Waals surface area contributed by atoms with Gasteiger partial charge in [0, 0.05) is 18.1 Å². The monoisotopic (exact) mass is 238 g/mol. The summed E-state index contributed by atoms with van der Waals surface area (Å²) in [6.07, 6.45) is 11.0. The molecule has 2 aliphatic rings. The summed E-state index contributed by atoms with van der Waals surface area (Å²) in [5, 5.41) is 0. The Morgan fingerprint density at radius 3 is 2.71 bits per heavy atom. The van der Waals surface area contributed by atoms with Crippen LogP contribution in [0.4, 0.5) is 0 Å². The lowest BCUT2D eigenvalue weighted by Gasteiger charge is -2.44. The second-order valence-corrected chi connectivity index (χ2v) is 6.34. The molecule has 0 aromatic carbocycles. The number of hydrogen-bond donors (Lipinski definition) is 1. The van der Waals surface area contributed by atoms with E-state index in [1.165, 1.54) is 57.9 Å². The molecular formula is C15H30N2. The molecule has 1 aliphatic heterocycles. The van der Waals surface area contributed by atoms with Crippen LogP contribution in [-0.2, 0) is 0 Å². The predicted molar refractivity (Wildman–Crippen MR) is 74.1 cm³/mol. The average molecular weight is 238 g/mol. The van der Waals surface area contributed by atoms with E-state index >= 15 is 0 Å². The van der Waals surface area contributed by atoms with Crippen LogP contribution in [-0.4, -0.2) is 29.6 Å². The topological polar surface area (TPSA) is 29.3 Å². The van der Waals surface area contributed by atoms with Gasteiger partial charge in [0.15, 0.2) is 0 Å². The van der Waals surface area contributed by atoms with Crippen LogP contribution in [0.5, 0.6) is 0 Å². The number of nitrogens with zero attached hydrogens (tertiary/aromatic N) is 1. The maximum atomic E-state index is 6.19. The van der Waals surface area contributed by atoms with Crippen LogP contribution in [0.25, 0.3) is 0 Å². The van der Waals surface area contributed by atoms with E-state index < -0.39 is 0 Å². The molecule has 0 spiro atoms. The smallest absolute Gasteiger partial charge is 0.0337 e. The van der Waals surface area contributed by atoms with Crippen molar-refractivity contribution in [1.29, 1.82) is 0 Å². The Balaban J connectivity index is 2.10. The maximum Gasteiger partial charge on any atom is 0.0337 e. The van der Waals surface area contributed by atoms with Crippen LogP contribution in [0.2, 0.25) is 0 Å². The van der Waals surface area contributed by atoms with Gasteiger partial charge in [-0.15, -0.1) is 0 Å². The van der Waals surface area contributed by atoms with E-state index in [4.69, 9.17) is 5.73 Å². The van der Waals surface area contributed by atoms with Crippen molar-refractivity contribution in [3.05, 3.63) is 0 Å². The van der Waals surface area contributed by atoms with E-state index in [-0.39, 0.29) is 0 Å². The minimum atomic E-state index is 0.352. The molecule has 0 amide bonds. The molecular weight excluding hydrogens is 208 g/mol. The molecule has 1 aliphatic carbocycles. The lowest BCUT2D eigenvalue weighted by Crippen LogP contribution is -2.55. The van der Waals surface area contributed by atoms with Crippen LogP contribution >= 0.6 is 0 Å². The van der Waals surface area contributed by atoms with Gasteiger partial charge in [-0.25, -0.2) is 0 Å². The summed E-state index contributed by atoms with van der Waals surface area (Å²) in [5.41, 5.74) is 6.54. The Hall–Kier alpha value is -0.0800. The SMILES string of the molecule is CCC1CCC(CN)(N2CCCCCC2C)C1. The molecule has 1 saturated heterocycles. The van der Waals surface area contributed by atoms with Crippen molar-refractivity contribution in [3.63, 3.8) is 0 Å². The fourth-order valence-electron chi connectivity index (χ4n) is 4.11. The highest BCUT2D eigenvalue weighted by atomic mass is 15.2. The average Bonchev–Trinajstić information content (AvgIpc) is 2.66. The molecule has 1 saturated carbocycles. The van der Waals surface area contributed by atoms with E-state index in [0.717, 1.165) is 18.5 Å². The second kappa shape index (κ2) is 5.71. The molecule has 2 nitrogen and oxygen atoms in total. The predicted octanol–water partition coefficient (Wildman–Crippen LogP) is 3.16. The third-order valence-corrected chi connectivity index (χ3v) is 5.31. The van der Waals surface area contributed by atoms with Gasteiger partial charge in [-0.2, -0.15) is 0 Å². The van der Waals surface area contributed by atoms with E-state index in [1.54, 1.807) is 0 Å². The zero-order chi connectivity index (χ0) is 12.3. The van der Waals surface area contributed by atoms with Gasteiger partial charge in [-0.05, 0) is 51.5 Å². The molecule has 0 bridgehead atoms. The fourth-order valence-corrected chi connectivity index (χ4v) is 4.11. The third kappa shape index (κ3) is 2.68. The Labute approximate surface area is 107 Å². The van der Waals surface area contributed by atoms with E-state index in [0.29, 0.717) is 5.54 Å². The fraction of sp³-hybridized carbons (Fsp3) is 1.00. The molecule has 0 aromatic heterocycles. The molecule has 3 atom stereocenters. The maximum absolute atomic E-state index is 6.19. The Bertz CT molecular complexity index is 241. The molecule has 0 radical (unpaired) electrons. The summed E-state index contributed by atoms with van der Waals surface area (Å²) >= 11 is 0. The quantitative estimate of drug-likeness (QED) is 0.818. The first-order valence-corrected chi connectivity index (χ1v) is 7.68. The van der Waals surface area contributed by atoms with Crippen molar-refractivity contribution in [3.8, 4) is 0 Å². The van der Waals surface area contributed by atoms with E-state index in [1.807, 2.05) is 0 Å². The summed E-state index contributed by atoms with van der Waals surface area (Å²) < 4.78 is 0. The zero-order valence-corrected chi connectivity index (χ0v) is 11.8. The molecule has 0 aromatic rings. The molecule has 1 heterocycles. The highest BCUT2D eigenvalue weighted by Gasteiger charge is 2.43. The van der Waals surface area contributed by atoms with Crippen molar-refractivity contribution in [1.82, 2.24) is 4.90 Å². The van der Waals surface area contributed by atoms with Gasteiger partial charge in [-0.1, -0.05) is 26.2 Å². The van der Waals surface area contributed by atoms with Crippen molar-refractivity contribution in [2.75, 3.05) is 13.1 Å². The van der Waals surface area contributed by atoms with Crippen molar-refractivity contribution >= 4 is 0 Å². The lowest BCUT2D eigenvalue weighted by atomic mass is 9.91. The van der Waals surface area contributed by atoms with Crippen LogP contribution < -0.4 is 5.73 Å². The largest absolute Gasteiger partial charge is 0.329 e. The summed E-state index contributed by atoms with van der Waals surface area (Å²) in [6.45, 7) is 6.91. The molecule has 17 heavy (non-hydrogen) atoms. The first-order chi connectivity index (χ1) is 8.22. The van der Waals surface area contributed by atoms with Gasteiger partial charge in [-0.3, -0.25) is 4.90 Å². The van der Waals surface area contributed by atoms with E-state index in [9.17, 15) is 0 Å².